The van der Waals surface area contributed by atoms with Gasteiger partial charge in [0.2, 0.25) is 0 Å². The molecule has 22 rings (SSSR count). The van der Waals surface area contributed by atoms with Gasteiger partial charge in [-0.25, -0.2) is 5.90 Å². The molecule has 0 aromatic heterocycles. The van der Waals surface area contributed by atoms with Crippen molar-refractivity contribution < 1.29 is 455 Å². The van der Waals surface area contributed by atoms with Gasteiger partial charge in [0.1, 0.15) is 35.6 Å². The Morgan fingerprint density at radius 2 is 0.688 bits per heavy atom. The average molecular weight is 4190 g/mol. The Morgan fingerprint density at radius 1 is 0.406 bits per heavy atom. The van der Waals surface area contributed by atoms with Crippen LogP contribution in [-0.4, -0.2) is 310 Å². The van der Waals surface area contributed by atoms with Crippen molar-refractivity contribution in [2.24, 2.45) is 70.2 Å². The molecule has 0 aliphatic carbocycles. The molecule has 0 spiro atoms. The van der Waals surface area contributed by atoms with Gasteiger partial charge in [0, 0.05) is 363 Å². The fourth-order valence-corrected chi connectivity index (χ4v) is 22.2. The van der Waals surface area contributed by atoms with E-state index >= 15 is 0 Å². The van der Waals surface area contributed by atoms with E-state index in [2.05, 4.69) is 88.0 Å². The number of amides is 2. The number of imide groups is 1. The molecule has 0 saturated carbocycles. The molecule has 35 nitrogen and oxygen atoms in total. The molecule has 1 aromatic rings. The van der Waals surface area contributed by atoms with Crippen molar-refractivity contribution in [2.45, 2.75) is 310 Å². The molecule has 20 bridgehead atoms. The number of fused-ring (bicyclic) bond motifs is 21. The van der Waals surface area contributed by atoms with Crippen LogP contribution in [0.25, 0.3) is 0 Å². The summed E-state index contributed by atoms with van der Waals surface area (Å²) in [6.45, 7) is 67.7. The van der Waals surface area contributed by atoms with Crippen LogP contribution in [0, 0.1) is 436 Å². The second-order valence-electron chi connectivity index (χ2n) is 38.8. The Kier molecular flexibility index (Phi) is 55.8. The monoisotopic (exact) mass is 4190 g/mol. The molecule has 20 fully saturated rings. The van der Waals surface area contributed by atoms with Gasteiger partial charge >= 0.3 is 0 Å². The summed E-state index contributed by atoms with van der Waals surface area (Å²) >= 11 is 0. The van der Waals surface area contributed by atoms with E-state index in [1.807, 2.05) is 93.7 Å². The Hall–Kier alpha value is 7.15. The van der Waals surface area contributed by atoms with E-state index in [4.69, 9.17) is 130 Å². The van der Waals surface area contributed by atoms with Crippen LogP contribution in [0.5, 0.6) is 0 Å². The molecule has 20 saturated heterocycles. The Morgan fingerprint density at radius 3 is 0.935 bits per heavy atom. The van der Waals surface area contributed by atoms with Crippen LogP contribution in [0.2, 0.25) is 0 Å². The van der Waals surface area contributed by atoms with E-state index in [0.29, 0.717) is 119 Å². The first kappa shape index (κ1) is 136. The standard InChI is InChI=1S/C17H27NO5.C16H25NO6.C16H16NO5.C10H17O3.C9H14NO3.C9H15O2.C8H14NO3.C8H13O3.10U/c1-5-16-9-19-15(8-21-16)13(16)6-18(4)23-12(3)17-10-20-14(7-22-17)11(17)2;1-4-15-8-19-12(6-21-15)11(15)5-17(3)23-10(2)16-9-20-13(7-22-16)14(16)18;1-9-13-7-21-16(9,8-20-13)10(2)22-17-14(18)11-5-3-4-6-12(11)15(17)19;1-4-11-8(3)10-6-12-9(5-13-10)7(10)2;1-6-8-4-12-9(6,5-11-8)7(2)13-10-3;1-6(2)9-5-10-8(4-11-9)7(9)3;1-5-7-3-11-8(5,4-10-7)6(2)12-9;1-5-7-3-11-8(5,4-10-7)6(2)9;;;;;;;;;;/h7-8,11-15H,5-6,9-10H2,1-4H3;6-7,10-14,18H,4-5,8-9H2,1-3H3;3-7,9-10,13H,8H2,1-2H3;5,7-9H,4,6H2,1-3H3;4,6-8H,3,5H2,1-2H3;4,6-8H,5H2,1-3H3;3,5-7H,4,9H2,1-2H3;3,5-7,9H,4H2,1-2H3;;;;;;;;;;/q2*-2;6*-1;;;;;;;;;;/t11-,12?,13-,14-,15-,16-,17-;10?,11-,12-,13-,14-,15-,16+;9-,10?,13-,16-;7-,8?,9-,10-;6-,7?,8-,9-;7-,8-,9+;2*5-,6?,7-,8-;;;;;;;;;;/m00000000........../s1. The Balaban J connectivity index is 0.000000280. The minimum atomic E-state index is -0.810. The Labute approximate surface area is 1050 Å². The predicted octanol–water partition coefficient (Wildman–Crippen LogP) is 7.93. The van der Waals surface area contributed by atoms with E-state index in [1.165, 1.54) is 0 Å². The van der Waals surface area contributed by atoms with Crippen molar-refractivity contribution in [1.29, 1.82) is 0 Å². The summed E-state index contributed by atoms with van der Waals surface area (Å²) in [5.41, 5.74) is -2.90. The predicted molar refractivity (Wildman–Crippen MR) is 453 cm³/mol. The number of benzene rings is 1. The van der Waals surface area contributed by atoms with Gasteiger partial charge in [-0.05, 0) is 189 Å². The van der Waals surface area contributed by atoms with Crippen molar-refractivity contribution >= 4 is 18.5 Å². The summed E-state index contributed by atoms with van der Waals surface area (Å²) in [6, 6.07) is 6.70. The molecule has 4 N–H and O–H groups in total. The number of hydrogen-bond donors (Lipinski definition) is 3. The number of oxime groups is 1. The van der Waals surface area contributed by atoms with Gasteiger partial charge in [0.25, 0.3) is 11.8 Å². The van der Waals surface area contributed by atoms with Gasteiger partial charge < -0.3 is 115 Å². The topological polar surface area (TPSA) is 363 Å². The maximum Gasteiger partial charge on any atom is 0.285 e. The van der Waals surface area contributed by atoms with E-state index in [0.717, 1.165) is 37.7 Å². The summed E-state index contributed by atoms with van der Waals surface area (Å²) in [6.07, 6.45) is 0.181. The molecule has 21 aliphatic rings. The zero-order valence-electron chi connectivity index (χ0n) is 83.3. The third-order valence-corrected chi connectivity index (χ3v) is 32.6. The fourth-order valence-electron chi connectivity index (χ4n) is 22.2. The minimum absolute atomic E-state index is 0. The average Bonchev–Trinajstić information content (AvgIpc) is 1.57. The molecule has 1 aromatic carbocycles. The molecule has 2 amide bonds. The quantitative estimate of drug-likeness (QED) is 0.0362. The van der Waals surface area contributed by atoms with Crippen molar-refractivity contribution in [3.05, 3.63) is 101 Å². The number of hydrogen-bond acceptors (Lipinski definition) is 34. The first-order valence-electron chi connectivity index (χ1n) is 46.1. The minimum Gasteiger partial charge on any atom is -0.543 e. The summed E-state index contributed by atoms with van der Waals surface area (Å²) in [5.74, 6) is 7.67. The van der Waals surface area contributed by atoms with Gasteiger partial charge in [-0.1, -0.05) is 88.3 Å². The smallest absolute Gasteiger partial charge is 0.285 e. The summed E-state index contributed by atoms with van der Waals surface area (Å²) in [4.78, 5) is 52.5. The van der Waals surface area contributed by atoms with Crippen molar-refractivity contribution in [2.75, 3.05) is 99.9 Å². The van der Waals surface area contributed by atoms with Gasteiger partial charge in [-0.15, -0.1) is 10.2 Å². The van der Waals surface area contributed by atoms with Crippen LogP contribution in [0.4, 0.5) is 0 Å². The number of rotatable bonds is 25. The van der Waals surface area contributed by atoms with E-state index in [9.17, 15) is 19.8 Å². The van der Waals surface area contributed by atoms with Gasteiger partial charge in [-0.3, -0.25) is 28.9 Å². The number of hydroxylamine groups is 6. The number of carbonyl (C=O) groups is 2. The molecular weight excluding hydrogens is 4050 g/mol. The number of nitrogens with two attached hydrogens (primary N) is 1. The number of carbonyl (C=O) groups excluding carboxylic acids is 2. The number of aliphatic hydroxyl groups is 2. The molecule has 138 heavy (non-hydrogen) atoms. The molecule has 45 heteroatoms. The van der Waals surface area contributed by atoms with E-state index < -0.39 is 46.9 Å². The van der Waals surface area contributed by atoms with Gasteiger partial charge in [-0.2, -0.15) is 76.2 Å². The fraction of sp³-hybridized carbons (Fsp3) is 0.796. The summed E-state index contributed by atoms with van der Waals surface area (Å²) < 4.78 is 119. The molecule has 7 unspecified atom stereocenters. The van der Waals surface area contributed by atoms with Crippen LogP contribution in [-0.2, 0) is 124 Å². The maximum atomic E-state index is 12.3. The number of nitrogens with zero attached hydrogens (tertiary/aromatic N) is 4. The van der Waals surface area contributed by atoms with Crippen LogP contribution >= 0.6 is 0 Å². The zero-order valence-corrected chi connectivity index (χ0v) is 125. The molecule has 0 radical (unpaired) electrons. The number of ether oxygens (including phenoxy) is 21. The second kappa shape index (κ2) is 56.7. The molecule has 21 aliphatic heterocycles. The molecule has 21 heterocycles. The second-order valence-corrected chi connectivity index (χ2v) is 38.8. The largest absolute Gasteiger partial charge is 0.543 e. The SMILES string of the molecule is C=NOC(C)[C@@]12CO[C@@H]([CH-]O1)[C@@H]2C.CC(C)[C@@]12CO[C@@H]([CH-]O1)[C@@H]2C.CC(O)[C@@]12CO[C@@H]([CH-]O1)[C@@H]2C.CC(ON)[C@@]12CO[C@@H]([CH-]O1)[C@@H]2C.CC(ON1C(=O)c2ccccc2C1=O)[C@@]12CO[C@@H]([CH-]O1)[C@@H]2C.CCOC(C)[C@@]12CO[C@@H]([CH-]O1)[C@@H]2C.CC[C@@]12CO[C@@H]([CH-]O1)[C@@H]2CN(C)OC(C)[C@@]12CO[C@@H]([CH-]O1)[C@@H]2C.CC[C@@]12CO[C@@H]([CH-]O1)[C@@H]2CN(C)OC(C)[C@@]12CO[C@@H]([CH-]O1)[C@@H]2O.[U].[U].[U].[U].[U].[U].[U].[U].[U].[U]. The van der Waals surface area contributed by atoms with E-state index in [-0.39, 0.29) is 460 Å². The molecule has 37 atom stereocenters. The van der Waals surface area contributed by atoms with Crippen molar-refractivity contribution in [3.8, 4) is 0 Å². The summed E-state index contributed by atoms with van der Waals surface area (Å²) in [7, 11) is 3.87. The molecular formula is C93H141N5O30U10-10. The first-order chi connectivity index (χ1) is 61.0. The third-order valence-electron chi connectivity index (χ3n) is 32.6. The summed E-state index contributed by atoms with van der Waals surface area (Å²) in [5, 5.41) is 27.8. The van der Waals surface area contributed by atoms with Gasteiger partial charge in [0.15, 0.2) is 6.10 Å². The van der Waals surface area contributed by atoms with Gasteiger partial charge in [0.05, 0.1) is 140 Å². The van der Waals surface area contributed by atoms with Crippen molar-refractivity contribution in [3.63, 3.8) is 0 Å². The van der Waals surface area contributed by atoms with Crippen molar-refractivity contribution in [1.82, 2.24) is 15.2 Å². The third kappa shape index (κ3) is 25.6. The van der Waals surface area contributed by atoms with Crippen LogP contribution in [0.3, 0.4) is 0 Å². The first-order valence-corrected chi connectivity index (χ1v) is 46.1. The maximum absolute atomic E-state index is 12.3. The van der Waals surface area contributed by atoms with Crippen LogP contribution < -0.4 is 5.90 Å². The zero-order chi connectivity index (χ0) is 91.8. The molecule has 768 valence electrons. The normalized spacial score (nSPS) is 42.7. The van der Waals surface area contributed by atoms with Crippen LogP contribution in [0.1, 0.15) is 165 Å². The van der Waals surface area contributed by atoms with E-state index in [1.54, 1.807) is 76.2 Å². The Bertz CT molecular complexity index is 3710. The number of aliphatic hydroxyl groups excluding tert-OH is 2. The van der Waals surface area contributed by atoms with Crippen LogP contribution in [0.15, 0.2) is 29.4 Å².